The quantitative estimate of drug-likeness (QED) is 0.176. The highest BCUT2D eigenvalue weighted by Crippen LogP contribution is 2.34. The van der Waals surface area contributed by atoms with Gasteiger partial charge in [0.15, 0.2) is 11.7 Å². The lowest BCUT2D eigenvalue weighted by atomic mass is 9.99. The summed E-state index contributed by atoms with van der Waals surface area (Å²) in [7, 11) is 1.38. The van der Waals surface area contributed by atoms with Gasteiger partial charge in [-0.05, 0) is 24.3 Å². The molecular formula is C27H30O14. The first-order valence-electron chi connectivity index (χ1n) is 12.7. The fraction of sp³-hybridized carbons (Fsp3) is 0.444. The van der Waals surface area contributed by atoms with Crippen LogP contribution in [0.4, 0.5) is 0 Å². The Bertz CT molecular complexity index is 1410. The molecule has 0 bridgehead atoms. The summed E-state index contributed by atoms with van der Waals surface area (Å²) in [5, 5.41) is 70.6. The van der Waals surface area contributed by atoms with Gasteiger partial charge in [0, 0.05) is 23.8 Å². The van der Waals surface area contributed by atoms with Crippen molar-refractivity contribution in [3.8, 4) is 28.6 Å². The SMILES string of the molecule is COc1cc(O[C@H]2O[C@@H](CO[C@H]3OC[C@H](O)[C@H](O)[C@@H]3O)[C@@H](O)[C@@H](O)[C@H]2O)c2c(=O)cc(-c3ccc(O)cc3)oc2c1. The Kier molecular flexibility index (Phi) is 8.47. The number of aromatic hydroxyl groups is 1. The summed E-state index contributed by atoms with van der Waals surface area (Å²) in [4.78, 5) is 13.2. The van der Waals surface area contributed by atoms with Crippen molar-refractivity contribution in [1.29, 1.82) is 0 Å². The van der Waals surface area contributed by atoms with Crippen molar-refractivity contribution < 1.29 is 63.8 Å². The molecule has 2 saturated heterocycles. The number of hydrogen-bond acceptors (Lipinski definition) is 14. The van der Waals surface area contributed by atoms with E-state index in [1.165, 1.54) is 37.4 Å². The zero-order chi connectivity index (χ0) is 29.4. The van der Waals surface area contributed by atoms with E-state index in [0.717, 1.165) is 0 Å². The van der Waals surface area contributed by atoms with Gasteiger partial charge in [0.05, 0.1) is 20.3 Å². The molecular weight excluding hydrogens is 548 g/mol. The van der Waals surface area contributed by atoms with Crippen LogP contribution in [0, 0.1) is 0 Å². The van der Waals surface area contributed by atoms with Crippen LogP contribution in [0.2, 0.25) is 0 Å². The van der Waals surface area contributed by atoms with E-state index in [1.807, 2.05) is 0 Å². The first kappa shape index (κ1) is 29.2. The summed E-state index contributed by atoms with van der Waals surface area (Å²) in [6.45, 7) is -0.795. The normalized spacial score (nSPS) is 32.1. The number of ether oxygens (including phenoxy) is 5. The standard InChI is InChI=1S/C27H30O14/c1-36-13-6-17-20(14(29)8-16(39-17)11-2-4-12(28)5-3-11)18(7-13)40-27-25(35)23(33)22(32)19(41-27)10-38-26-24(34)21(31)15(30)9-37-26/h2-8,15,19,21-28,30-35H,9-10H2,1H3/t15-,19-,21-,22+,23+,24-,25+,26+,27-/m0/s1. The van der Waals surface area contributed by atoms with Crippen molar-refractivity contribution in [2.75, 3.05) is 20.3 Å². The van der Waals surface area contributed by atoms with Crippen LogP contribution in [-0.2, 0) is 14.2 Å². The summed E-state index contributed by atoms with van der Waals surface area (Å²) in [5.74, 6) is 0.362. The van der Waals surface area contributed by atoms with Gasteiger partial charge in [-0.25, -0.2) is 0 Å². The molecule has 0 spiro atoms. The van der Waals surface area contributed by atoms with Gasteiger partial charge in [0.1, 0.15) is 76.7 Å². The Labute approximate surface area is 232 Å². The lowest BCUT2D eigenvalue weighted by Crippen LogP contribution is -2.61. The number of phenols is 1. The first-order chi connectivity index (χ1) is 19.6. The third-order valence-corrected chi connectivity index (χ3v) is 6.95. The summed E-state index contributed by atoms with van der Waals surface area (Å²) in [6.07, 6.45) is -13.9. The highest BCUT2D eigenvalue weighted by Gasteiger charge is 2.46. The molecule has 14 heteroatoms. The molecule has 2 aromatic carbocycles. The van der Waals surface area contributed by atoms with Gasteiger partial charge in [-0.2, -0.15) is 0 Å². The summed E-state index contributed by atoms with van der Waals surface area (Å²) >= 11 is 0. The van der Waals surface area contributed by atoms with E-state index in [-0.39, 0.29) is 40.6 Å². The number of benzene rings is 2. The molecule has 0 saturated carbocycles. The third kappa shape index (κ3) is 5.88. The maximum Gasteiger partial charge on any atom is 0.229 e. The molecule has 7 N–H and O–H groups in total. The van der Waals surface area contributed by atoms with Crippen molar-refractivity contribution in [3.63, 3.8) is 0 Å². The van der Waals surface area contributed by atoms with Crippen LogP contribution < -0.4 is 14.9 Å². The van der Waals surface area contributed by atoms with E-state index >= 15 is 0 Å². The van der Waals surface area contributed by atoms with Gasteiger partial charge in [-0.3, -0.25) is 4.79 Å². The fourth-order valence-corrected chi connectivity index (χ4v) is 4.60. The Hall–Kier alpha value is -3.31. The molecule has 3 heterocycles. The average molecular weight is 579 g/mol. The third-order valence-electron chi connectivity index (χ3n) is 6.95. The zero-order valence-corrected chi connectivity index (χ0v) is 21.6. The molecule has 0 aliphatic carbocycles. The highest BCUT2D eigenvalue weighted by atomic mass is 16.7. The minimum absolute atomic E-state index is 0.0242. The monoisotopic (exact) mass is 578 g/mol. The molecule has 14 nitrogen and oxygen atoms in total. The first-order valence-corrected chi connectivity index (χ1v) is 12.7. The Morgan fingerprint density at radius 3 is 2.29 bits per heavy atom. The molecule has 3 aromatic rings. The van der Waals surface area contributed by atoms with Gasteiger partial charge >= 0.3 is 0 Å². The number of phenolic OH excluding ortho intramolecular Hbond substituents is 1. The average Bonchev–Trinajstić information content (AvgIpc) is 2.96. The van der Waals surface area contributed by atoms with Gasteiger partial charge < -0.3 is 63.8 Å². The number of rotatable bonds is 7. The van der Waals surface area contributed by atoms with E-state index < -0.39 is 67.3 Å². The predicted octanol–water partition coefficient (Wildman–Crippen LogP) is -1.18. The minimum Gasteiger partial charge on any atom is -0.508 e. The molecule has 2 aliphatic rings. The Morgan fingerprint density at radius 2 is 1.59 bits per heavy atom. The van der Waals surface area contributed by atoms with Crippen molar-refractivity contribution in [1.82, 2.24) is 0 Å². The molecule has 2 fully saturated rings. The van der Waals surface area contributed by atoms with E-state index in [9.17, 15) is 40.5 Å². The lowest BCUT2D eigenvalue weighted by Gasteiger charge is -2.41. The van der Waals surface area contributed by atoms with Crippen molar-refractivity contribution in [3.05, 3.63) is 52.7 Å². The molecule has 222 valence electrons. The van der Waals surface area contributed by atoms with Crippen LogP contribution in [0.3, 0.4) is 0 Å². The maximum absolute atomic E-state index is 13.2. The molecule has 0 amide bonds. The predicted molar refractivity (Wildman–Crippen MR) is 137 cm³/mol. The smallest absolute Gasteiger partial charge is 0.229 e. The van der Waals surface area contributed by atoms with Crippen LogP contribution in [0.1, 0.15) is 0 Å². The Morgan fingerprint density at radius 1 is 0.878 bits per heavy atom. The van der Waals surface area contributed by atoms with E-state index in [0.29, 0.717) is 5.56 Å². The molecule has 1 aromatic heterocycles. The van der Waals surface area contributed by atoms with Crippen LogP contribution in [0.15, 0.2) is 51.7 Å². The van der Waals surface area contributed by atoms with Gasteiger partial charge in [-0.15, -0.1) is 0 Å². The lowest BCUT2D eigenvalue weighted by molar-refractivity contribution is -0.307. The van der Waals surface area contributed by atoms with Gasteiger partial charge in [-0.1, -0.05) is 0 Å². The summed E-state index contributed by atoms with van der Waals surface area (Å²) < 4.78 is 33.3. The van der Waals surface area contributed by atoms with Crippen LogP contribution in [-0.4, -0.2) is 111 Å². The largest absolute Gasteiger partial charge is 0.508 e. The zero-order valence-electron chi connectivity index (χ0n) is 21.6. The topological polar surface area (TPSA) is 218 Å². The number of fused-ring (bicyclic) bond motifs is 1. The fourth-order valence-electron chi connectivity index (χ4n) is 4.60. The van der Waals surface area contributed by atoms with Crippen LogP contribution >= 0.6 is 0 Å². The van der Waals surface area contributed by atoms with Gasteiger partial charge in [0.25, 0.3) is 0 Å². The number of hydrogen-bond donors (Lipinski definition) is 7. The highest BCUT2D eigenvalue weighted by molar-refractivity contribution is 5.86. The molecule has 41 heavy (non-hydrogen) atoms. The molecule has 2 aliphatic heterocycles. The summed E-state index contributed by atoms with van der Waals surface area (Å²) in [5.41, 5.74) is 0.0824. The molecule has 0 unspecified atom stereocenters. The number of methoxy groups -OCH3 is 1. The number of aliphatic hydroxyl groups excluding tert-OH is 6. The van der Waals surface area contributed by atoms with E-state index in [2.05, 4.69) is 0 Å². The van der Waals surface area contributed by atoms with Gasteiger partial charge in [0.2, 0.25) is 6.29 Å². The summed E-state index contributed by atoms with van der Waals surface area (Å²) in [6, 6.07) is 10.1. The second-order valence-corrected chi connectivity index (χ2v) is 9.74. The van der Waals surface area contributed by atoms with Crippen molar-refractivity contribution in [2.24, 2.45) is 0 Å². The van der Waals surface area contributed by atoms with Crippen molar-refractivity contribution >= 4 is 11.0 Å². The Balaban J connectivity index is 1.40. The molecule has 9 atom stereocenters. The van der Waals surface area contributed by atoms with Crippen LogP contribution in [0.25, 0.3) is 22.3 Å². The van der Waals surface area contributed by atoms with E-state index in [4.69, 9.17) is 28.1 Å². The van der Waals surface area contributed by atoms with E-state index in [1.54, 1.807) is 12.1 Å². The second kappa shape index (κ2) is 11.9. The maximum atomic E-state index is 13.2. The molecule has 0 radical (unpaired) electrons. The van der Waals surface area contributed by atoms with Crippen LogP contribution in [0.5, 0.6) is 17.2 Å². The second-order valence-electron chi connectivity index (χ2n) is 9.74. The van der Waals surface area contributed by atoms with Crippen molar-refractivity contribution in [2.45, 2.75) is 55.3 Å². The number of aliphatic hydroxyl groups is 6. The molecule has 5 rings (SSSR count). The minimum atomic E-state index is -1.76.